The fourth-order valence-electron chi connectivity index (χ4n) is 1.46. The first-order valence-corrected chi connectivity index (χ1v) is 4.57. The summed E-state index contributed by atoms with van der Waals surface area (Å²) in [5.41, 5.74) is 0.143. The van der Waals surface area contributed by atoms with Crippen molar-refractivity contribution >= 4 is 6.29 Å². The lowest BCUT2D eigenvalue weighted by Gasteiger charge is -2.05. The van der Waals surface area contributed by atoms with Crippen LogP contribution in [0.2, 0.25) is 0 Å². The van der Waals surface area contributed by atoms with Crippen LogP contribution in [0.1, 0.15) is 10.4 Å². The maximum absolute atomic E-state index is 13.5. The highest BCUT2D eigenvalue weighted by molar-refractivity contribution is 5.87. The van der Waals surface area contributed by atoms with Gasteiger partial charge in [0.1, 0.15) is 5.82 Å². The molecule has 4 heteroatoms. The van der Waals surface area contributed by atoms with Crippen LogP contribution in [0.5, 0.6) is 0 Å². The van der Waals surface area contributed by atoms with Crippen molar-refractivity contribution in [3.63, 3.8) is 0 Å². The number of hydrogen-bond acceptors (Lipinski definition) is 2. The van der Waals surface area contributed by atoms with Crippen molar-refractivity contribution in [2.75, 3.05) is 0 Å². The summed E-state index contributed by atoms with van der Waals surface area (Å²) in [5.74, 6) is -1.27. The van der Waals surface area contributed by atoms with E-state index in [1.54, 1.807) is 6.07 Å². The SMILES string of the molecule is O=Cc1c(F)cncc1-c1ccccc1F. The van der Waals surface area contributed by atoms with Gasteiger partial charge in [0.15, 0.2) is 12.1 Å². The molecular weight excluding hydrogens is 212 g/mol. The molecule has 0 amide bonds. The van der Waals surface area contributed by atoms with Crippen LogP contribution in [0, 0.1) is 11.6 Å². The topological polar surface area (TPSA) is 30.0 Å². The lowest BCUT2D eigenvalue weighted by Crippen LogP contribution is -1.96. The van der Waals surface area contributed by atoms with Crippen LogP contribution in [0.3, 0.4) is 0 Å². The summed E-state index contributed by atoms with van der Waals surface area (Å²) in [7, 11) is 0. The number of carbonyl (C=O) groups is 1. The van der Waals surface area contributed by atoms with Gasteiger partial charge in [0, 0.05) is 17.3 Å². The summed E-state index contributed by atoms with van der Waals surface area (Å²) in [6, 6.07) is 5.84. The Hall–Kier alpha value is -2.10. The standard InChI is InChI=1S/C12H7F2NO/c13-11-4-2-1-3-8(11)9-5-15-6-12(14)10(9)7-16/h1-7H. The van der Waals surface area contributed by atoms with Crippen molar-refractivity contribution in [2.24, 2.45) is 0 Å². The monoisotopic (exact) mass is 219 g/mol. The van der Waals surface area contributed by atoms with Crippen LogP contribution >= 0.6 is 0 Å². The van der Waals surface area contributed by atoms with E-state index >= 15 is 0 Å². The van der Waals surface area contributed by atoms with Crippen molar-refractivity contribution in [3.05, 3.63) is 53.9 Å². The highest BCUT2D eigenvalue weighted by Gasteiger charge is 2.12. The molecule has 0 aliphatic carbocycles. The van der Waals surface area contributed by atoms with Crippen LogP contribution in [-0.4, -0.2) is 11.3 Å². The van der Waals surface area contributed by atoms with Crippen molar-refractivity contribution in [3.8, 4) is 11.1 Å². The molecule has 2 rings (SSSR count). The minimum atomic E-state index is -0.754. The Balaban J connectivity index is 2.69. The van der Waals surface area contributed by atoms with Gasteiger partial charge in [-0.15, -0.1) is 0 Å². The Bertz CT molecular complexity index is 540. The smallest absolute Gasteiger partial charge is 0.153 e. The molecule has 1 aromatic carbocycles. The van der Waals surface area contributed by atoms with Crippen molar-refractivity contribution < 1.29 is 13.6 Å². The normalized spacial score (nSPS) is 10.1. The van der Waals surface area contributed by atoms with Crippen LogP contribution in [0.25, 0.3) is 11.1 Å². The van der Waals surface area contributed by atoms with Gasteiger partial charge in [-0.3, -0.25) is 9.78 Å². The zero-order chi connectivity index (χ0) is 11.5. The van der Waals surface area contributed by atoms with Gasteiger partial charge in [0.2, 0.25) is 0 Å². The van der Waals surface area contributed by atoms with Crippen molar-refractivity contribution in [2.45, 2.75) is 0 Å². The number of carbonyl (C=O) groups excluding carboxylic acids is 1. The Morgan fingerprint density at radius 2 is 1.75 bits per heavy atom. The maximum atomic E-state index is 13.5. The molecule has 0 spiro atoms. The van der Waals surface area contributed by atoms with Gasteiger partial charge in [0.05, 0.1) is 11.8 Å². The number of halogens is 2. The Labute approximate surface area is 90.6 Å². The molecule has 2 nitrogen and oxygen atoms in total. The van der Waals surface area contributed by atoms with Crippen LogP contribution < -0.4 is 0 Å². The van der Waals surface area contributed by atoms with Crippen LogP contribution in [-0.2, 0) is 0 Å². The van der Waals surface area contributed by atoms with E-state index in [4.69, 9.17) is 0 Å². The molecule has 0 aliphatic rings. The second-order valence-corrected chi connectivity index (χ2v) is 3.18. The third kappa shape index (κ3) is 1.69. The summed E-state index contributed by atoms with van der Waals surface area (Å²) in [6.07, 6.45) is 2.55. The number of aromatic nitrogens is 1. The van der Waals surface area contributed by atoms with Crippen molar-refractivity contribution in [1.82, 2.24) is 4.98 Å². The van der Waals surface area contributed by atoms with Gasteiger partial charge >= 0.3 is 0 Å². The van der Waals surface area contributed by atoms with Gasteiger partial charge < -0.3 is 0 Å². The molecule has 0 atom stereocenters. The molecule has 80 valence electrons. The average Bonchev–Trinajstić information content (AvgIpc) is 2.29. The Morgan fingerprint density at radius 1 is 1.00 bits per heavy atom. The number of benzene rings is 1. The predicted molar refractivity (Wildman–Crippen MR) is 55.0 cm³/mol. The average molecular weight is 219 g/mol. The fraction of sp³-hybridized carbons (Fsp3) is 0. The number of pyridine rings is 1. The molecule has 16 heavy (non-hydrogen) atoms. The lowest BCUT2D eigenvalue weighted by atomic mass is 10.0. The molecule has 1 heterocycles. The highest BCUT2D eigenvalue weighted by atomic mass is 19.1. The van der Waals surface area contributed by atoms with Gasteiger partial charge in [-0.25, -0.2) is 8.78 Å². The zero-order valence-corrected chi connectivity index (χ0v) is 8.15. The van der Waals surface area contributed by atoms with E-state index in [9.17, 15) is 13.6 Å². The molecule has 1 aromatic heterocycles. The van der Waals surface area contributed by atoms with E-state index in [0.717, 1.165) is 6.20 Å². The maximum Gasteiger partial charge on any atom is 0.153 e. The molecular formula is C12H7F2NO. The van der Waals surface area contributed by atoms with Gasteiger partial charge in [-0.1, -0.05) is 18.2 Å². The Kier molecular flexibility index (Phi) is 2.72. The number of aldehydes is 1. The summed E-state index contributed by atoms with van der Waals surface area (Å²) in [4.78, 5) is 14.4. The van der Waals surface area contributed by atoms with E-state index in [1.165, 1.54) is 24.4 Å². The predicted octanol–water partition coefficient (Wildman–Crippen LogP) is 2.84. The first-order valence-electron chi connectivity index (χ1n) is 4.57. The van der Waals surface area contributed by atoms with E-state index in [2.05, 4.69) is 4.98 Å². The second kappa shape index (κ2) is 4.18. The van der Waals surface area contributed by atoms with E-state index in [0.29, 0.717) is 6.29 Å². The van der Waals surface area contributed by atoms with E-state index in [1.807, 2.05) is 0 Å². The van der Waals surface area contributed by atoms with Gasteiger partial charge in [0.25, 0.3) is 0 Å². The minimum absolute atomic E-state index is 0.160. The highest BCUT2D eigenvalue weighted by Crippen LogP contribution is 2.25. The fourth-order valence-corrected chi connectivity index (χ4v) is 1.46. The molecule has 0 saturated carbocycles. The number of nitrogens with zero attached hydrogens (tertiary/aromatic N) is 1. The number of hydrogen-bond donors (Lipinski definition) is 0. The zero-order valence-electron chi connectivity index (χ0n) is 8.15. The molecule has 0 saturated heterocycles. The lowest BCUT2D eigenvalue weighted by molar-refractivity contribution is 0.112. The third-order valence-electron chi connectivity index (χ3n) is 2.22. The van der Waals surface area contributed by atoms with Crippen LogP contribution in [0.15, 0.2) is 36.7 Å². The van der Waals surface area contributed by atoms with Crippen LogP contribution in [0.4, 0.5) is 8.78 Å². The second-order valence-electron chi connectivity index (χ2n) is 3.18. The first kappa shape index (κ1) is 10.4. The summed E-state index contributed by atoms with van der Waals surface area (Å²) < 4.78 is 26.7. The summed E-state index contributed by atoms with van der Waals surface area (Å²) in [6.45, 7) is 0. The molecule has 0 N–H and O–H groups in total. The molecule has 2 aromatic rings. The third-order valence-corrected chi connectivity index (χ3v) is 2.22. The minimum Gasteiger partial charge on any atom is -0.298 e. The van der Waals surface area contributed by atoms with Gasteiger partial charge in [-0.2, -0.15) is 0 Å². The van der Waals surface area contributed by atoms with Crippen molar-refractivity contribution in [1.29, 1.82) is 0 Å². The summed E-state index contributed by atoms with van der Waals surface area (Å²) in [5, 5.41) is 0. The summed E-state index contributed by atoms with van der Waals surface area (Å²) >= 11 is 0. The molecule has 0 fully saturated rings. The van der Waals surface area contributed by atoms with Gasteiger partial charge in [-0.05, 0) is 6.07 Å². The first-order chi connectivity index (χ1) is 7.74. The van der Waals surface area contributed by atoms with E-state index in [-0.39, 0.29) is 16.7 Å². The molecule has 0 aliphatic heterocycles. The molecule has 0 bridgehead atoms. The largest absolute Gasteiger partial charge is 0.298 e. The number of rotatable bonds is 2. The molecule has 0 unspecified atom stereocenters. The van der Waals surface area contributed by atoms with E-state index < -0.39 is 11.6 Å². The molecule has 0 radical (unpaired) electrons. The Morgan fingerprint density at radius 3 is 2.44 bits per heavy atom. The quantitative estimate of drug-likeness (QED) is 0.727.